The fourth-order valence-electron chi connectivity index (χ4n) is 2.94. The van der Waals surface area contributed by atoms with Gasteiger partial charge in [0.25, 0.3) is 11.6 Å². The third kappa shape index (κ3) is 4.07. The molecule has 1 fully saturated rings. The Hall–Kier alpha value is -2.71. The van der Waals surface area contributed by atoms with E-state index in [1.165, 1.54) is 28.8 Å². The summed E-state index contributed by atoms with van der Waals surface area (Å²) in [5.41, 5.74) is 2.55. The van der Waals surface area contributed by atoms with Crippen molar-refractivity contribution in [2.24, 2.45) is 0 Å². The van der Waals surface area contributed by atoms with Crippen LogP contribution in [0, 0.1) is 10.1 Å². The fraction of sp³-hybridized carbons (Fsp3) is 0.200. The number of hydrogen-bond acceptors (Lipinski definition) is 6. The first-order valence-electron chi connectivity index (χ1n) is 8.82. The van der Waals surface area contributed by atoms with Gasteiger partial charge in [-0.25, -0.2) is 0 Å². The molecule has 0 radical (unpaired) electrons. The molecule has 144 valence electrons. The molecule has 1 amide bonds. The lowest BCUT2D eigenvalue weighted by atomic mass is 10.2. The zero-order valence-corrected chi connectivity index (χ0v) is 17.1. The van der Waals surface area contributed by atoms with Gasteiger partial charge in [0.05, 0.1) is 15.5 Å². The van der Waals surface area contributed by atoms with E-state index in [2.05, 4.69) is 18.7 Å². The normalized spacial score (nSPS) is 15.4. The van der Waals surface area contributed by atoms with E-state index < -0.39 is 4.92 Å². The van der Waals surface area contributed by atoms with Crippen molar-refractivity contribution in [1.82, 2.24) is 0 Å². The number of nitro benzene ring substituents is 1. The fourth-order valence-corrected chi connectivity index (χ4v) is 4.23. The van der Waals surface area contributed by atoms with E-state index in [0.29, 0.717) is 14.8 Å². The molecule has 1 aliphatic rings. The van der Waals surface area contributed by atoms with Crippen LogP contribution >= 0.6 is 24.0 Å². The molecule has 28 heavy (non-hydrogen) atoms. The van der Waals surface area contributed by atoms with Gasteiger partial charge in [0.15, 0.2) is 4.32 Å². The molecule has 1 heterocycles. The lowest BCUT2D eigenvalue weighted by Gasteiger charge is -2.22. The zero-order chi connectivity index (χ0) is 20.3. The molecule has 0 atom stereocenters. The van der Waals surface area contributed by atoms with Crippen molar-refractivity contribution in [3.8, 4) is 0 Å². The van der Waals surface area contributed by atoms with Crippen LogP contribution in [0.5, 0.6) is 0 Å². The number of thioether (sulfide) groups is 1. The van der Waals surface area contributed by atoms with Crippen molar-refractivity contribution < 1.29 is 9.72 Å². The number of benzene rings is 2. The topological polar surface area (TPSA) is 66.7 Å². The maximum Gasteiger partial charge on any atom is 0.270 e. The van der Waals surface area contributed by atoms with E-state index in [4.69, 9.17) is 12.2 Å². The van der Waals surface area contributed by atoms with Gasteiger partial charge in [-0.2, -0.15) is 0 Å². The van der Waals surface area contributed by atoms with Crippen molar-refractivity contribution in [3.05, 3.63) is 69.1 Å². The van der Waals surface area contributed by atoms with Crippen LogP contribution in [0.1, 0.15) is 19.4 Å². The zero-order valence-electron chi connectivity index (χ0n) is 15.5. The van der Waals surface area contributed by atoms with Crippen molar-refractivity contribution in [1.29, 1.82) is 0 Å². The Bertz CT molecular complexity index is 936. The minimum Gasteiger partial charge on any atom is -0.372 e. The number of thiocarbonyl (C=S) groups is 1. The second-order valence-electron chi connectivity index (χ2n) is 6.05. The van der Waals surface area contributed by atoms with Gasteiger partial charge in [-0.05, 0) is 61.9 Å². The third-order valence-corrected chi connectivity index (χ3v) is 5.73. The van der Waals surface area contributed by atoms with E-state index in [-0.39, 0.29) is 11.6 Å². The van der Waals surface area contributed by atoms with Crippen molar-refractivity contribution in [3.63, 3.8) is 0 Å². The number of nitro groups is 1. The second kappa shape index (κ2) is 8.53. The first-order chi connectivity index (χ1) is 13.4. The van der Waals surface area contributed by atoms with Gasteiger partial charge in [0.1, 0.15) is 0 Å². The highest BCUT2D eigenvalue weighted by atomic mass is 32.2. The number of amides is 1. The number of nitrogens with zero attached hydrogens (tertiary/aromatic N) is 3. The summed E-state index contributed by atoms with van der Waals surface area (Å²) in [6.07, 6.45) is 1.70. The second-order valence-corrected chi connectivity index (χ2v) is 7.73. The van der Waals surface area contributed by atoms with Crippen LogP contribution in [0.2, 0.25) is 0 Å². The van der Waals surface area contributed by atoms with Crippen molar-refractivity contribution >= 4 is 57.3 Å². The Kier molecular flexibility index (Phi) is 6.11. The molecule has 1 aliphatic heterocycles. The van der Waals surface area contributed by atoms with E-state index in [1.54, 1.807) is 18.2 Å². The monoisotopic (exact) mass is 413 g/mol. The number of hydrogen-bond donors (Lipinski definition) is 0. The van der Waals surface area contributed by atoms with Crippen LogP contribution in [0.4, 0.5) is 17.1 Å². The Morgan fingerprint density at radius 1 is 1.11 bits per heavy atom. The van der Waals surface area contributed by atoms with E-state index in [0.717, 1.165) is 24.5 Å². The highest BCUT2D eigenvalue weighted by Crippen LogP contribution is 2.36. The summed E-state index contributed by atoms with van der Waals surface area (Å²) in [7, 11) is 0. The lowest BCUT2D eigenvalue weighted by molar-refractivity contribution is -0.384. The van der Waals surface area contributed by atoms with Crippen molar-refractivity contribution in [2.45, 2.75) is 13.8 Å². The molecule has 3 rings (SSSR count). The van der Waals surface area contributed by atoms with Gasteiger partial charge >= 0.3 is 0 Å². The number of carbonyl (C=O) groups is 1. The molecule has 0 aliphatic carbocycles. The summed E-state index contributed by atoms with van der Waals surface area (Å²) in [4.78, 5) is 27.4. The average molecular weight is 414 g/mol. The van der Waals surface area contributed by atoms with Crippen molar-refractivity contribution in [2.75, 3.05) is 22.9 Å². The van der Waals surface area contributed by atoms with Crippen LogP contribution in [-0.2, 0) is 4.79 Å². The molecular weight excluding hydrogens is 394 g/mol. The first kappa shape index (κ1) is 20.0. The van der Waals surface area contributed by atoms with Crippen LogP contribution in [-0.4, -0.2) is 28.2 Å². The molecule has 0 spiro atoms. The Morgan fingerprint density at radius 2 is 1.71 bits per heavy atom. The summed E-state index contributed by atoms with van der Waals surface area (Å²) in [5, 5.41) is 10.8. The molecule has 0 N–H and O–H groups in total. The minimum atomic E-state index is -0.453. The number of carbonyl (C=O) groups excluding carboxylic acids is 1. The third-order valence-electron chi connectivity index (χ3n) is 4.43. The van der Waals surface area contributed by atoms with E-state index >= 15 is 0 Å². The van der Waals surface area contributed by atoms with Crippen LogP contribution in [0.3, 0.4) is 0 Å². The van der Waals surface area contributed by atoms with Gasteiger partial charge < -0.3 is 4.90 Å². The smallest absolute Gasteiger partial charge is 0.270 e. The molecule has 1 saturated heterocycles. The van der Waals surface area contributed by atoms with E-state index in [1.807, 2.05) is 24.3 Å². The quantitative estimate of drug-likeness (QED) is 0.292. The number of non-ortho nitro benzene ring substituents is 1. The SMILES string of the molecule is CCN(CC)c1ccc(N2C(=O)/C(=C/c3ccc([N+](=O)[O-])cc3)SC2=S)cc1. The molecule has 2 aromatic carbocycles. The molecule has 6 nitrogen and oxygen atoms in total. The molecule has 0 aromatic heterocycles. The molecular formula is C20H19N3O3S2. The van der Waals surface area contributed by atoms with Gasteiger partial charge in [-0.1, -0.05) is 24.0 Å². The lowest BCUT2D eigenvalue weighted by Crippen LogP contribution is -2.27. The number of anilines is 2. The molecule has 8 heteroatoms. The Balaban J connectivity index is 1.82. The summed E-state index contributed by atoms with van der Waals surface area (Å²) in [6, 6.07) is 13.8. The van der Waals surface area contributed by atoms with Crippen LogP contribution < -0.4 is 9.80 Å². The van der Waals surface area contributed by atoms with Gasteiger partial charge in [-0.3, -0.25) is 19.8 Å². The largest absolute Gasteiger partial charge is 0.372 e. The van der Waals surface area contributed by atoms with Gasteiger partial charge in [0.2, 0.25) is 0 Å². The minimum absolute atomic E-state index is 0.0120. The van der Waals surface area contributed by atoms with E-state index in [9.17, 15) is 14.9 Å². The maximum absolute atomic E-state index is 12.9. The Labute approximate surface area is 173 Å². The molecule has 0 bridgehead atoms. The number of rotatable bonds is 6. The van der Waals surface area contributed by atoms with Gasteiger partial charge in [0, 0.05) is 30.9 Å². The summed E-state index contributed by atoms with van der Waals surface area (Å²) in [5.74, 6) is -0.191. The maximum atomic E-state index is 12.9. The molecule has 0 saturated carbocycles. The van der Waals surface area contributed by atoms with Crippen LogP contribution in [0.15, 0.2) is 53.4 Å². The predicted molar refractivity (Wildman–Crippen MR) is 119 cm³/mol. The average Bonchev–Trinajstić information content (AvgIpc) is 2.97. The Morgan fingerprint density at radius 3 is 2.25 bits per heavy atom. The summed E-state index contributed by atoms with van der Waals surface area (Å²) < 4.78 is 0.466. The van der Waals surface area contributed by atoms with Crippen LogP contribution in [0.25, 0.3) is 6.08 Å². The predicted octanol–water partition coefficient (Wildman–Crippen LogP) is 4.85. The van der Waals surface area contributed by atoms with Gasteiger partial charge in [-0.15, -0.1) is 0 Å². The first-order valence-corrected chi connectivity index (χ1v) is 10.0. The molecule has 2 aromatic rings. The summed E-state index contributed by atoms with van der Waals surface area (Å²) in [6.45, 7) is 6.02. The molecule has 0 unspecified atom stereocenters. The summed E-state index contributed by atoms with van der Waals surface area (Å²) >= 11 is 6.63. The highest BCUT2D eigenvalue weighted by molar-refractivity contribution is 8.27. The standard InChI is InChI=1S/C20H19N3O3S2/c1-3-21(4-2)15-9-11-16(12-10-15)22-19(24)18(28-20(22)27)13-14-5-7-17(8-6-14)23(25)26/h5-13H,3-4H2,1-2H3/b18-13-. The highest BCUT2D eigenvalue weighted by Gasteiger charge is 2.33.